The summed E-state index contributed by atoms with van der Waals surface area (Å²) in [6, 6.07) is 19.9. The number of benzene rings is 2. The van der Waals surface area contributed by atoms with Gasteiger partial charge in [-0.05, 0) is 49.7 Å². The Morgan fingerprint density at radius 1 is 1.00 bits per heavy atom. The van der Waals surface area contributed by atoms with Crippen LogP contribution in [0.5, 0.6) is 0 Å². The van der Waals surface area contributed by atoms with Crippen molar-refractivity contribution in [1.29, 1.82) is 0 Å². The molecule has 3 rings (SSSR count). The predicted octanol–water partition coefficient (Wildman–Crippen LogP) is 3.42. The van der Waals surface area contributed by atoms with E-state index in [1.165, 1.54) is 6.26 Å². The maximum atomic E-state index is 13.2. The third-order valence-corrected chi connectivity index (χ3v) is 6.89. The maximum absolute atomic E-state index is 13.2. The first-order valence-corrected chi connectivity index (χ1v) is 11.9. The fourth-order valence-corrected chi connectivity index (χ4v) is 4.60. The third kappa shape index (κ3) is 6.45. The van der Waals surface area contributed by atoms with Crippen molar-refractivity contribution >= 4 is 21.6 Å². The topological polar surface area (TPSA) is 82.9 Å². The van der Waals surface area contributed by atoms with Crippen LogP contribution in [0.3, 0.4) is 0 Å². The standard InChI is InChI=1S/C24H29N3O4S/c1-20-11-13-23(14-12-20)32(29,30)27(18-22-10-6-17-31-22)19-24(28)25-15-7-16-26(2)21-8-4-3-5-9-21/h3-6,8-14,17H,7,15-16,18-19H2,1-2H3,(H,25,28). The van der Waals surface area contributed by atoms with Crippen LogP contribution in [0.4, 0.5) is 5.69 Å². The van der Waals surface area contributed by atoms with Gasteiger partial charge in [0, 0.05) is 25.8 Å². The second kappa shape index (κ2) is 11.0. The molecule has 1 aromatic heterocycles. The summed E-state index contributed by atoms with van der Waals surface area (Å²) in [5.41, 5.74) is 2.06. The van der Waals surface area contributed by atoms with Gasteiger partial charge >= 0.3 is 0 Å². The molecule has 1 heterocycles. The molecule has 0 fully saturated rings. The van der Waals surface area contributed by atoms with Gasteiger partial charge in [0.2, 0.25) is 15.9 Å². The van der Waals surface area contributed by atoms with Crippen LogP contribution in [0, 0.1) is 6.92 Å². The van der Waals surface area contributed by atoms with Crippen LogP contribution in [-0.4, -0.2) is 45.3 Å². The second-order valence-electron chi connectivity index (χ2n) is 7.63. The summed E-state index contributed by atoms with van der Waals surface area (Å²) in [6.07, 6.45) is 2.22. The van der Waals surface area contributed by atoms with Crippen molar-refractivity contribution in [2.75, 3.05) is 31.6 Å². The van der Waals surface area contributed by atoms with Gasteiger partial charge in [-0.3, -0.25) is 4.79 Å². The average Bonchev–Trinajstić information content (AvgIpc) is 3.30. The van der Waals surface area contributed by atoms with E-state index >= 15 is 0 Å². The van der Waals surface area contributed by atoms with E-state index in [-0.39, 0.29) is 23.9 Å². The van der Waals surface area contributed by atoms with E-state index in [4.69, 9.17) is 4.42 Å². The van der Waals surface area contributed by atoms with Crippen LogP contribution in [0.15, 0.2) is 82.3 Å². The molecular formula is C24H29N3O4S. The molecule has 0 saturated heterocycles. The first kappa shape index (κ1) is 23.6. The number of nitrogens with one attached hydrogen (secondary N) is 1. The molecule has 2 aromatic carbocycles. The quantitative estimate of drug-likeness (QED) is 0.448. The first-order chi connectivity index (χ1) is 15.4. The monoisotopic (exact) mass is 455 g/mol. The molecule has 32 heavy (non-hydrogen) atoms. The van der Waals surface area contributed by atoms with E-state index in [1.807, 2.05) is 44.3 Å². The summed E-state index contributed by atoms with van der Waals surface area (Å²) in [4.78, 5) is 14.8. The fraction of sp³-hybridized carbons (Fsp3) is 0.292. The predicted molar refractivity (Wildman–Crippen MR) is 125 cm³/mol. The molecule has 0 atom stereocenters. The molecule has 7 nitrogen and oxygen atoms in total. The summed E-state index contributed by atoms with van der Waals surface area (Å²) in [6.45, 7) is 2.80. The van der Waals surface area contributed by atoms with Crippen molar-refractivity contribution in [3.63, 3.8) is 0 Å². The van der Waals surface area contributed by atoms with Crippen molar-refractivity contribution in [2.24, 2.45) is 0 Å². The van der Waals surface area contributed by atoms with Crippen molar-refractivity contribution < 1.29 is 17.6 Å². The molecule has 0 aliphatic rings. The molecule has 1 amide bonds. The number of nitrogens with zero attached hydrogens (tertiary/aromatic N) is 2. The number of furan rings is 1. The molecule has 0 aliphatic heterocycles. The normalized spacial score (nSPS) is 11.5. The first-order valence-electron chi connectivity index (χ1n) is 10.5. The molecule has 0 aliphatic carbocycles. The average molecular weight is 456 g/mol. The van der Waals surface area contributed by atoms with Crippen molar-refractivity contribution in [2.45, 2.75) is 24.8 Å². The van der Waals surface area contributed by atoms with Crippen LogP contribution in [0.25, 0.3) is 0 Å². The molecule has 0 radical (unpaired) electrons. The van der Waals surface area contributed by atoms with Gasteiger partial charge in [0.05, 0.1) is 24.2 Å². The Morgan fingerprint density at radius 3 is 2.38 bits per heavy atom. The van der Waals surface area contributed by atoms with Gasteiger partial charge < -0.3 is 14.6 Å². The summed E-state index contributed by atoms with van der Waals surface area (Å²) in [7, 11) is -1.87. The number of para-hydroxylation sites is 1. The third-order valence-electron chi connectivity index (χ3n) is 5.08. The Kier molecular flexibility index (Phi) is 8.08. The molecule has 1 N–H and O–H groups in total. The van der Waals surface area contributed by atoms with E-state index in [0.29, 0.717) is 12.3 Å². The van der Waals surface area contributed by atoms with Crippen LogP contribution >= 0.6 is 0 Å². The molecule has 0 bridgehead atoms. The Morgan fingerprint density at radius 2 is 1.72 bits per heavy atom. The van der Waals surface area contributed by atoms with Crippen molar-refractivity contribution in [3.8, 4) is 0 Å². The summed E-state index contributed by atoms with van der Waals surface area (Å²) >= 11 is 0. The fourth-order valence-electron chi connectivity index (χ4n) is 3.23. The van der Waals surface area contributed by atoms with E-state index < -0.39 is 10.0 Å². The van der Waals surface area contributed by atoms with Gasteiger partial charge in [-0.2, -0.15) is 4.31 Å². The second-order valence-corrected chi connectivity index (χ2v) is 9.56. The Bertz CT molecular complexity index is 1080. The summed E-state index contributed by atoms with van der Waals surface area (Å²) < 4.78 is 32.8. The zero-order valence-corrected chi connectivity index (χ0v) is 19.2. The zero-order chi connectivity index (χ0) is 23.0. The van der Waals surface area contributed by atoms with E-state index in [2.05, 4.69) is 10.2 Å². The molecule has 0 spiro atoms. The largest absolute Gasteiger partial charge is 0.468 e. The van der Waals surface area contributed by atoms with Crippen LogP contribution in [-0.2, 0) is 21.4 Å². The zero-order valence-electron chi connectivity index (χ0n) is 18.4. The van der Waals surface area contributed by atoms with Crippen LogP contribution < -0.4 is 10.2 Å². The number of carbonyl (C=O) groups is 1. The van der Waals surface area contributed by atoms with Crippen LogP contribution in [0.1, 0.15) is 17.7 Å². The molecule has 0 unspecified atom stereocenters. The summed E-state index contributed by atoms with van der Waals surface area (Å²) in [5, 5.41) is 2.83. The number of rotatable bonds is 11. The van der Waals surface area contributed by atoms with Crippen molar-refractivity contribution in [3.05, 3.63) is 84.3 Å². The minimum absolute atomic E-state index is 0.0205. The molecule has 8 heteroatoms. The van der Waals surface area contributed by atoms with Crippen molar-refractivity contribution in [1.82, 2.24) is 9.62 Å². The number of amides is 1. The van der Waals surface area contributed by atoms with E-state index in [1.54, 1.807) is 36.4 Å². The Balaban J connectivity index is 1.59. The van der Waals surface area contributed by atoms with E-state index in [9.17, 15) is 13.2 Å². The highest BCUT2D eigenvalue weighted by Crippen LogP contribution is 2.19. The molecule has 3 aromatic rings. The minimum Gasteiger partial charge on any atom is -0.468 e. The molecule has 0 saturated carbocycles. The molecular weight excluding hydrogens is 426 g/mol. The Hall–Kier alpha value is -3.10. The SMILES string of the molecule is Cc1ccc(S(=O)(=O)N(CC(=O)NCCCN(C)c2ccccc2)Cc2ccco2)cc1. The number of hydrogen-bond acceptors (Lipinski definition) is 5. The number of carbonyl (C=O) groups excluding carboxylic acids is 1. The number of aryl methyl sites for hydroxylation is 1. The van der Waals surface area contributed by atoms with Gasteiger partial charge in [0.15, 0.2) is 0 Å². The maximum Gasteiger partial charge on any atom is 0.243 e. The lowest BCUT2D eigenvalue weighted by molar-refractivity contribution is -0.121. The lowest BCUT2D eigenvalue weighted by Gasteiger charge is -2.22. The van der Waals surface area contributed by atoms with E-state index in [0.717, 1.165) is 28.5 Å². The van der Waals surface area contributed by atoms with Crippen LogP contribution in [0.2, 0.25) is 0 Å². The lowest BCUT2D eigenvalue weighted by Crippen LogP contribution is -2.41. The summed E-state index contributed by atoms with van der Waals surface area (Å²) in [5.74, 6) is 0.118. The highest BCUT2D eigenvalue weighted by Gasteiger charge is 2.27. The lowest BCUT2D eigenvalue weighted by atomic mass is 10.2. The van der Waals surface area contributed by atoms with Gasteiger partial charge in [-0.25, -0.2) is 8.42 Å². The van der Waals surface area contributed by atoms with Gasteiger partial charge in [-0.15, -0.1) is 0 Å². The number of anilines is 1. The van der Waals surface area contributed by atoms with Gasteiger partial charge in [0.1, 0.15) is 5.76 Å². The smallest absolute Gasteiger partial charge is 0.243 e. The highest BCUT2D eigenvalue weighted by atomic mass is 32.2. The Labute approximate surface area is 189 Å². The number of sulfonamides is 1. The minimum atomic E-state index is -3.86. The molecule has 170 valence electrons. The highest BCUT2D eigenvalue weighted by molar-refractivity contribution is 7.89. The van der Waals surface area contributed by atoms with Gasteiger partial charge in [0.25, 0.3) is 0 Å². The van der Waals surface area contributed by atoms with Gasteiger partial charge in [-0.1, -0.05) is 35.9 Å². The number of hydrogen-bond donors (Lipinski definition) is 1.